The number of aliphatic imine (C=N–C) groups is 1. The molecule has 1 N–H and O–H groups in total. The third-order valence-electron chi connectivity index (χ3n) is 3.74. The number of nitrogens with zero attached hydrogens (tertiary/aromatic N) is 2. The number of amides is 1. The maximum absolute atomic E-state index is 12.6. The Morgan fingerprint density at radius 1 is 1.32 bits per heavy atom. The number of amidine groups is 2. The summed E-state index contributed by atoms with van der Waals surface area (Å²) in [6.07, 6.45) is 4.06. The van der Waals surface area contributed by atoms with Crippen molar-refractivity contribution in [3.05, 3.63) is 62.7 Å². The van der Waals surface area contributed by atoms with Gasteiger partial charge >= 0.3 is 0 Å². The molecule has 3 heterocycles. The molecule has 8 heteroatoms. The van der Waals surface area contributed by atoms with Crippen molar-refractivity contribution in [2.75, 3.05) is 0 Å². The number of hydrogen-bond donors (Lipinski definition) is 1. The molecule has 0 radical (unpaired) electrons. The summed E-state index contributed by atoms with van der Waals surface area (Å²) in [6.45, 7) is 1.68. The lowest BCUT2D eigenvalue weighted by molar-refractivity contribution is -0.114. The van der Waals surface area contributed by atoms with E-state index in [0.717, 1.165) is 5.06 Å². The molecule has 25 heavy (non-hydrogen) atoms. The van der Waals surface area contributed by atoms with E-state index in [0.29, 0.717) is 16.4 Å². The third-order valence-corrected chi connectivity index (χ3v) is 3.98. The Bertz CT molecular complexity index is 1110. The first-order chi connectivity index (χ1) is 11.9. The van der Waals surface area contributed by atoms with Crippen LogP contribution >= 0.6 is 11.6 Å². The van der Waals surface area contributed by atoms with E-state index in [-0.39, 0.29) is 33.6 Å². The average Bonchev–Trinajstić information content (AvgIpc) is 2.94. The fourth-order valence-electron chi connectivity index (χ4n) is 2.57. The Kier molecular flexibility index (Phi) is 3.33. The lowest BCUT2D eigenvalue weighted by atomic mass is 10.1. The number of carbonyl (C=O) groups is 1. The monoisotopic (exact) mass is 355 g/mol. The molecule has 1 amide bonds. The lowest BCUT2D eigenvalue weighted by Gasteiger charge is -2.22. The summed E-state index contributed by atoms with van der Waals surface area (Å²) >= 11 is 5.92. The van der Waals surface area contributed by atoms with Gasteiger partial charge in [0.05, 0.1) is 16.5 Å². The van der Waals surface area contributed by atoms with Crippen LogP contribution in [0, 0.1) is 5.41 Å². The van der Waals surface area contributed by atoms with Crippen LogP contribution < -0.4 is 5.43 Å². The lowest BCUT2D eigenvalue weighted by Crippen LogP contribution is -2.38. The zero-order valence-corrected chi connectivity index (χ0v) is 13.6. The normalized spacial score (nSPS) is 18.3. The number of benzene rings is 1. The minimum absolute atomic E-state index is 0.0690. The topological polar surface area (TPSA) is 96.0 Å². The van der Waals surface area contributed by atoms with E-state index in [1.54, 1.807) is 25.1 Å². The van der Waals surface area contributed by atoms with Crippen molar-refractivity contribution in [1.82, 2.24) is 5.06 Å². The zero-order valence-electron chi connectivity index (χ0n) is 12.9. The molecule has 1 aromatic carbocycles. The van der Waals surface area contributed by atoms with Crippen LogP contribution in [0.1, 0.15) is 12.5 Å². The Balaban J connectivity index is 1.83. The average molecular weight is 356 g/mol. The van der Waals surface area contributed by atoms with E-state index >= 15 is 0 Å². The molecule has 2 aliphatic heterocycles. The second-order valence-corrected chi connectivity index (χ2v) is 5.92. The van der Waals surface area contributed by atoms with Crippen molar-refractivity contribution in [3.63, 3.8) is 0 Å². The van der Waals surface area contributed by atoms with Gasteiger partial charge in [-0.05, 0) is 31.2 Å². The highest BCUT2D eigenvalue weighted by Gasteiger charge is 2.34. The van der Waals surface area contributed by atoms with E-state index in [4.69, 9.17) is 26.3 Å². The molecule has 0 bridgehead atoms. The highest BCUT2D eigenvalue weighted by Crippen LogP contribution is 2.24. The molecule has 0 fully saturated rings. The Morgan fingerprint density at radius 2 is 2.12 bits per heavy atom. The SMILES string of the molecule is CC1=CC2=NC(=O)/C(=C/c3coc4ccc(Cl)cc4c3=O)C(=N)N2O1. The number of hydrogen-bond acceptors (Lipinski definition) is 5. The van der Waals surface area contributed by atoms with Crippen LogP contribution in [0.4, 0.5) is 0 Å². The van der Waals surface area contributed by atoms with Crippen molar-refractivity contribution in [2.45, 2.75) is 6.92 Å². The van der Waals surface area contributed by atoms with E-state index in [1.165, 1.54) is 18.4 Å². The zero-order chi connectivity index (χ0) is 17.7. The summed E-state index contributed by atoms with van der Waals surface area (Å²) in [6, 6.07) is 4.69. The van der Waals surface area contributed by atoms with Crippen LogP contribution in [0.3, 0.4) is 0 Å². The van der Waals surface area contributed by atoms with Crippen LogP contribution in [0.15, 0.2) is 56.1 Å². The molecule has 124 valence electrons. The second-order valence-electron chi connectivity index (χ2n) is 5.48. The summed E-state index contributed by atoms with van der Waals surface area (Å²) in [4.78, 5) is 34.0. The van der Waals surface area contributed by atoms with Gasteiger partial charge in [-0.15, -0.1) is 5.06 Å². The molecule has 4 rings (SSSR count). The molecule has 0 saturated carbocycles. The summed E-state index contributed by atoms with van der Waals surface area (Å²) in [5, 5.41) is 9.97. The molecule has 2 aromatic rings. The highest BCUT2D eigenvalue weighted by molar-refractivity contribution is 6.32. The number of carbonyl (C=O) groups excluding carboxylic acids is 1. The molecule has 1 aromatic heterocycles. The maximum Gasteiger partial charge on any atom is 0.282 e. The van der Waals surface area contributed by atoms with Crippen molar-refractivity contribution in [2.24, 2.45) is 4.99 Å². The van der Waals surface area contributed by atoms with Gasteiger partial charge in [-0.3, -0.25) is 15.0 Å². The van der Waals surface area contributed by atoms with Crippen molar-refractivity contribution in [3.8, 4) is 0 Å². The van der Waals surface area contributed by atoms with E-state index in [9.17, 15) is 9.59 Å². The molecule has 0 atom stereocenters. The fraction of sp³-hybridized carbons (Fsp3) is 0.0588. The van der Waals surface area contributed by atoms with Gasteiger partial charge < -0.3 is 9.25 Å². The van der Waals surface area contributed by atoms with Gasteiger partial charge in [0, 0.05) is 11.1 Å². The van der Waals surface area contributed by atoms with Crippen molar-refractivity contribution in [1.29, 1.82) is 5.41 Å². The first-order valence-corrected chi connectivity index (χ1v) is 7.63. The quantitative estimate of drug-likeness (QED) is 0.793. The number of hydroxylamine groups is 2. The van der Waals surface area contributed by atoms with Crippen molar-refractivity contribution >= 4 is 46.2 Å². The Labute approximate surface area is 145 Å². The van der Waals surface area contributed by atoms with Gasteiger partial charge in [-0.1, -0.05) is 11.6 Å². The molecule has 0 saturated heterocycles. The largest absolute Gasteiger partial charge is 0.463 e. The van der Waals surface area contributed by atoms with Crippen molar-refractivity contribution < 1.29 is 14.0 Å². The van der Waals surface area contributed by atoms with E-state index in [2.05, 4.69) is 4.99 Å². The molecule has 0 spiro atoms. The van der Waals surface area contributed by atoms with Crippen LogP contribution in [0.25, 0.3) is 17.0 Å². The predicted octanol–water partition coefficient (Wildman–Crippen LogP) is 2.90. The fourth-order valence-corrected chi connectivity index (χ4v) is 2.75. The summed E-state index contributed by atoms with van der Waals surface area (Å²) < 4.78 is 5.42. The number of rotatable bonds is 1. The molecular weight excluding hydrogens is 346 g/mol. The minimum atomic E-state index is -0.628. The molecule has 7 nitrogen and oxygen atoms in total. The minimum Gasteiger partial charge on any atom is -0.463 e. The first kappa shape index (κ1) is 15.3. The second kappa shape index (κ2) is 5.42. The molecule has 0 unspecified atom stereocenters. The van der Waals surface area contributed by atoms with Gasteiger partial charge in [-0.2, -0.15) is 4.99 Å². The van der Waals surface area contributed by atoms with Crippen LogP contribution in [0.5, 0.6) is 0 Å². The van der Waals surface area contributed by atoms with E-state index in [1.807, 2.05) is 0 Å². The Morgan fingerprint density at radius 3 is 2.92 bits per heavy atom. The third kappa shape index (κ3) is 2.45. The first-order valence-electron chi connectivity index (χ1n) is 7.25. The van der Waals surface area contributed by atoms with Gasteiger partial charge in [0.2, 0.25) is 0 Å². The predicted molar refractivity (Wildman–Crippen MR) is 92.3 cm³/mol. The van der Waals surface area contributed by atoms with Crippen LogP contribution in [-0.2, 0) is 9.63 Å². The molecule has 2 aliphatic rings. The standard InChI is InChI=1S/C17H10ClN3O4/c1-8-4-14-20-17(23)12(16(19)21(14)25-8)5-9-7-24-13-3-2-10(18)6-11(13)15(9)22/h2-7,19H,1H3/b12-5+,19-16?. The number of fused-ring (bicyclic) bond motifs is 2. The summed E-state index contributed by atoms with van der Waals surface area (Å²) in [7, 11) is 0. The number of allylic oxidation sites excluding steroid dienone is 1. The van der Waals surface area contributed by atoms with Crippen LogP contribution in [-0.4, -0.2) is 22.6 Å². The summed E-state index contributed by atoms with van der Waals surface area (Å²) in [5.41, 5.74) is 0.0683. The maximum atomic E-state index is 12.6. The van der Waals surface area contributed by atoms with E-state index < -0.39 is 5.91 Å². The highest BCUT2D eigenvalue weighted by atomic mass is 35.5. The Hall–Kier alpha value is -3.19. The summed E-state index contributed by atoms with van der Waals surface area (Å²) in [5.74, 6) is -0.0792. The van der Waals surface area contributed by atoms with Gasteiger partial charge in [-0.25, -0.2) is 0 Å². The van der Waals surface area contributed by atoms with Gasteiger partial charge in [0.15, 0.2) is 17.1 Å². The van der Waals surface area contributed by atoms with Crippen LogP contribution in [0.2, 0.25) is 5.02 Å². The number of nitrogens with one attached hydrogen (secondary N) is 1. The molecular formula is C17H10ClN3O4. The smallest absolute Gasteiger partial charge is 0.282 e. The van der Waals surface area contributed by atoms with Gasteiger partial charge in [0.25, 0.3) is 5.91 Å². The molecule has 0 aliphatic carbocycles. The number of halogens is 1. The van der Waals surface area contributed by atoms with Gasteiger partial charge in [0.1, 0.15) is 17.6 Å².